The minimum absolute atomic E-state index is 0.0110. The van der Waals surface area contributed by atoms with Gasteiger partial charge in [-0.05, 0) is 77.0 Å². The molecule has 11 heteroatoms. The van der Waals surface area contributed by atoms with Crippen LogP contribution in [0.1, 0.15) is 81.2 Å². The van der Waals surface area contributed by atoms with Gasteiger partial charge in [0.05, 0.1) is 5.41 Å². The second kappa shape index (κ2) is 16.2. The molecule has 1 aromatic carbocycles. The fourth-order valence-electron chi connectivity index (χ4n) is 2.84. The molecule has 0 saturated heterocycles. The van der Waals surface area contributed by atoms with Crippen molar-refractivity contribution in [1.29, 1.82) is 0 Å². The van der Waals surface area contributed by atoms with Crippen molar-refractivity contribution in [3.8, 4) is 11.5 Å². The molecule has 1 aromatic rings. The molecule has 11 nitrogen and oxygen atoms in total. The molecule has 0 aromatic heterocycles. The van der Waals surface area contributed by atoms with Crippen molar-refractivity contribution in [1.82, 2.24) is 0 Å². The van der Waals surface area contributed by atoms with Crippen LogP contribution in [0.4, 0.5) is 9.59 Å². The Labute approximate surface area is 243 Å². The van der Waals surface area contributed by atoms with Crippen molar-refractivity contribution < 1.29 is 47.6 Å². The van der Waals surface area contributed by atoms with Crippen molar-refractivity contribution in [3.05, 3.63) is 23.8 Å². The Hall–Kier alpha value is -3.34. The maximum atomic E-state index is 12.6. The summed E-state index contributed by atoms with van der Waals surface area (Å²) in [5.41, 5.74) is 5.93. The number of esters is 2. The van der Waals surface area contributed by atoms with Crippen LogP contribution in [-0.4, -0.2) is 55.2 Å². The summed E-state index contributed by atoms with van der Waals surface area (Å²) in [4.78, 5) is 49.5. The molecule has 0 bridgehead atoms. The lowest BCUT2D eigenvalue weighted by Gasteiger charge is -2.22. The van der Waals surface area contributed by atoms with Crippen molar-refractivity contribution in [2.45, 2.75) is 106 Å². The van der Waals surface area contributed by atoms with E-state index in [9.17, 15) is 19.2 Å². The number of rotatable bonds is 14. The van der Waals surface area contributed by atoms with E-state index in [1.165, 1.54) is 12.1 Å². The minimum atomic E-state index is -1.08. The second-order valence-corrected chi connectivity index (χ2v) is 11.5. The van der Waals surface area contributed by atoms with E-state index in [-0.39, 0.29) is 42.3 Å². The topological polar surface area (TPSA) is 150 Å². The zero-order valence-corrected chi connectivity index (χ0v) is 26.0. The predicted octanol–water partition coefficient (Wildman–Crippen LogP) is 5.59. The maximum Gasteiger partial charge on any atom is 0.514 e. The van der Waals surface area contributed by atoms with Gasteiger partial charge in [0.15, 0.2) is 11.5 Å². The summed E-state index contributed by atoms with van der Waals surface area (Å²) in [5.74, 6) is -1.17. The zero-order valence-electron chi connectivity index (χ0n) is 26.0. The van der Waals surface area contributed by atoms with E-state index in [0.717, 1.165) is 0 Å². The molecule has 232 valence electrons. The van der Waals surface area contributed by atoms with Crippen molar-refractivity contribution in [2.75, 3.05) is 6.61 Å². The van der Waals surface area contributed by atoms with Crippen LogP contribution in [0.25, 0.3) is 0 Å². The monoisotopic (exact) mass is 581 g/mol. The first-order valence-electron chi connectivity index (χ1n) is 14.0. The van der Waals surface area contributed by atoms with E-state index >= 15 is 0 Å². The fraction of sp³-hybridized carbons (Fsp3) is 0.667. The molecule has 0 radical (unpaired) electrons. The summed E-state index contributed by atoms with van der Waals surface area (Å²) in [5, 5.41) is 0. The van der Waals surface area contributed by atoms with Crippen LogP contribution in [0.15, 0.2) is 18.2 Å². The Balaban J connectivity index is 2.97. The maximum absolute atomic E-state index is 12.6. The van der Waals surface area contributed by atoms with E-state index in [4.69, 9.17) is 34.2 Å². The van der Waals surface area contributed by atoms with Gasteiger partial charge >= 0.3 is 24.2 Å². The second-order valence-electron chi connectivity index (χ2n) is 11.5. The summed E-state index contributed by atoms with van der Waals surface area (Å²) in [6.45, 7) is 17.9. The molecule has 41 heavy (non-hydrogen) atoms. The van der Waals surface area contributed by atoms with Crippen LogP contribution in [-0.2, 0) is 35.0 Å². The predicted molar refractivity (Wildman–Crippen MR) is 152 cm³/mol. The van der Waals surface area contributed by atoms with Gasteiger partial charge < -0.3 is 34.2 Å². The first kappa shape index (κ1) is 35.7. The summed E-state index contributed by atoms with van der Waals surface area (Å²) in [6.07, 6.45) is -2.89. The quantitative estimate of drug-likeness (QED) is 0.166. The van der Waals surface area contributed by atoms with Crippen molar-refractivity contribution in [3.63, 3.8) is 0 Å². The van der Waals surface area contributed by atoms with Gasteiger partial charge in [-0.25, -0.2) is 9.59 Å². The van der Waals surface area contributed by atoms with E-state index in [1.807, 2.05) is 34.6 Å². The Morgan fingerprint density at radius 3 is 1.80 bits per heavy atom. The highest BCUT2D eigenvalue weighted by atomic mass is 16.8. The molecule has 0 spiro atoms. The van der Waals surface area contributed by atoms with Gasteiger partial charge in [-0.3, -0.25) is 9.59 Å². The molecule has 1 rings (SSSR count). The molecule has 2 unspecified atom stereocenters. The number of hydrogen-bond donors (Lipinski definition) is 1. The highest BCUT2D eigenvalue weighted by Gasteiger charge is 2.28. The first-order valence-corrected chi connectivity index (χ1v) is 14.0. The van der Waals surface area contributed by atoms with Crippen LogP contribution in [0.5, 0.6) is 11.5 Å². The average Bonchev–Trinajstić information content (AvgIpc) is 2.88. The lowest BCUT2D eigenvalue weighted by Crippen LogP contribution is -2.38. The number of ether oxygens (including phenoxy) is 6. The number of hydrogen-bond acceptors (Lipinski definition) is 11. The van der Waals surface area contributed by atoms with Gasteiger partial charge in [0.2, 0.25) is 0 Å². The summed E-state index contributed by atoms with van der Waals surface area (Å²) < 4.78 is 31.8. The highest BCUT2D eigenvalue weighted by molar-refractivity contribution is 5.77. The summed E-state index contributed by atoms with van der Waals surface area (Å²) in [7, 11) is 0. The molecule has 0 aliphatic heterocycles. The Morgan fingerprint density at radius 1 is 0.805 bits per heavy atom. The Kier molecular flexibility index (Phi) is 14.1. The van der Waals surface area contributed by atoms with Gasteiger partial charge in [-0.15, -0.1) is 0 Å². The lowest BCUT2D eigenvalue weighted by molar-refractivity contribution is -0.164. The normalized spacial score (nSPS) is 14.5. The third-order valence-corrected chi connectivity index (χ3v) is 6.80. The number of carbonyl (C=O) groups is 4. The van der Waals surface area contributed by atoms with Gasteiger partial charge in [-0.2, -0.15) is 0 Å². The summed E-state index contributed by atoms with van der Waals surface area (Å²) >= 11 is 0. The van der Waals surface area contributed by atoms with Crippen LogP contribution in [0.3, 0.4) is 0 Å². The minimum Gasteiger partial charge on any atom is -0.461 e. The van der Waals surface area contributed by atoms with Crippen LogP contribution < -0.4 is 15.2 Å². The molecule has 0 heterocycles. The molecule has 0 aliphatic carbocycles. The highest BCUT2D eigenvalue weighted by Crippen LogP contribution is 2.30. The SMILES string of the molecule is CCC(C)(C)C(=O)OC[C@H](C)OC(=O)[C@@H](N)Cc1ccc(OC(=O)OC(C)C(C)C)c(OC(=O)OC(C)C(C)C)c1. The molecule has 2 N–H and O–H groups in total. The fourth-order valence-corrected chi connectivity index (χ4v) is 2.84. The van der Waals surface area contributed by atoms with Crippen LogP contribution in [0.2, 0.25) is 0 Å². The first-order chi connectivity index (χ1) is 19.0. The molecular formula is C30H47NO10. The smallest absolute Gasteiger partial charge is 0.461 e. The van der Waals surface area contributed by atoms with E-state index in [2.05, 4.69) is 0 Å². The van der Waals surface area contributed by atoms with E-state index in [1.54, 1.807) is 40.7 Å². The van der Waals surface area contributed by atoms with E-state index < -0.39 is 48.0 Å². The van der Waals surface area contributed by atoms with E-state index in [0.29, 0.717) is 12.0 Å². The number of nitrogens with two attached hydrogens (primary N) is 1. The van der Waals surface area contributed by atoms with Crippen LogP contribution in [0, 0.1) is 17.3 Å². The number of benzene rings is 1. The van der Waals surface area contributed by atoms with Gasteiger partial charge in [-0.1, -0.05) is 40.7 Å². The molecule has 0 fully saturated rings. The largest absolute Gasteiger partial charge is 0.514 e. The Bertz CT molecular complexity index is 1040. The van der Waals surface area contributed by atoms with Gasteiger partial charge in [0.1, 0.15) is 31.0 Å². The third-order valence-electron chi connectivity index (χ3n) is 6.80. The lowest BCUT2D eigenvalue weighted by atomic mass is 9.91. The molecule has 0 saturated carbocycles. The average molecular weight is 582 g/mol. The molecule has 0 aliphatic rings. The van der Waals surface area contributed by atoms with Gasteiger partial charge in [0, 0.05) is 0 Å². The van der Waals surface area contributed by atoms with Crippen molar-refractivity contribution in [2.24, 2.45) is 23.0 Å². The zero-order chi connectivity index (χ0) is 31.5. The van der Waals surface area contributed by atoms with Crippen molar-refractivity contribution >= 4 is 24.2 Å². The molecule has 0 amide bonds. The van der Waals surface area contributed by atoms with Crippen LogP contribution >= 0.6 is 0 Å². The molecular weight excluding hydrogens is 534 g/mol. The third kappa shape index (κ3) is 12.4. The Morgan fingerprint density at radius 2 is 1.32 bits per heavy atom. The number of carbonyl (C=O) groups excluding carboxylic acids is 4. The molecule has 4 atom stereocenters. The summed E-state index contributed by atoms with van der Waals surface area (Å²) in [6, 6.07) is 3.31. The van der Waals surface area contributed by atoms with Gasteiger partial charge in [0.25, 0.3) is 0 Å². The standard InChI is InChI=1S/C30H47NO10/c1-11-30(9,10)27(33)36-16-19(6)37-26(32)23(31)14-22-12-13-24(40-28(34)38-20(7)17(2)3)25(15-22)41-29(35)39-21(8)18(4)5/h12-13,15,17-21,23H,11,14,16,31H2,1-10H3/t19-,20?,21?,23-/m0/s1.